The van der Waals surface area contributed by atoms with Crippen molar-refractivity contribution in [3.63, 3.8) is 0 Å². The number of hydrogen-bond acceptors (Lipinski definition) is 3. The fraction of sp³-hybridized carbons (Fsp3) is 1.00. The summed E-state index contributed by atoms with van der Waals surface area (Å²) in [7, 11) is -0.523. The molecular formula is C12H23NOS2. The van der Waals surface area contributed by atoms with E-state index in [1.807, 2.05) is 11.8 Å². The molecule has 16 heavy (non-hydrogen) atoms. The van der Waals surface area contributed by atoms with Crippen molar-refractivity contribution < 1.29 is 4.21 Å². The molecular weight excluding hydrogens is 238 g/mol. The molecule has 0 bridgehead atoms. The Labute approximate surface area is 106 Å². The lowest BCUT2D eigenvalue weighted by Gasteiger charge is -2.35. The van der Waals surface area contributed by atoms with Gasteiger partial charge in [0.2, 0.25) is 0 Å². The van der Waals surface area contributed by atoms with Crippen LogP contribution in [0.25, 0.3) is 0 Å². The maximum absolute atomic E-state index is 11.3. The first-order valence-corrected chi connectivity index (χ1v) is 9.21. The summed E-state index contributed by atoms with van der Waals surface area (Å²) in [4.78, 5) is 0. The minimum absolute atomic E-state index is 0.523. The third kappa shape index (κ3) is 3.47. The highest BCUT2D eigenvalue weighted by Crippen LogP contribution is 2.28. The molecule has 1 N–H and O–H groups in total. The van der Waals surface area contributed by atoms with E-state index >= 15 is 0 Å². The average Bonchev–Trinajstić information content (AvgIpc) is 2.33. The molecule has 0 amide bonds. The molecule has 2 rings (SSSR count). The Balaban J connectivity index is 1.80. The van der Waals surface area contributed by atoms with Gasteiger partial charge in [-0.2, -0.15) is 11.8 Å². The van der Waals surface area contributed by atoms with Crippen LogP contribution in [-0.2, 0) is 10.8 Å². The summed E-state index contributed by atoms with van der Waals surface area (Å²) < 4.78 is 11.3. The van der Waals surface area contributed by atoms with Crippen LogP contribution in [0, 0.1) is 0 Å². The molecule has 2 atom stereocenters. The SMILES string of the molecule is CSC1CCCCC1NC1CCS(=O)CC1. The van der Waals surface area contributed by atoms with E-state index in [2.05, 4.69) is 11.6 Å². The number of nitrogens with one attached hydrogen (secondary N) is 1. The van der Waals surface area contributed by atoms with E-state index in [-0.39, 0.29) is 0 Å². The van der Waals surface area contributed by atoms with Crippen LogP contribution in [0.15, 0.2) is 0 Å². The zero-order valence-electron chi connectivity index (χ0n) is 10.1. The van der Waals surface area contributed by atoms with E-state index in [4.69, 9.17) is 0 Å². The summed E-state index contributed by atoms with van der Waals surface area (Å²) in [6.07, 6.45) is 9.96. The molecule has 94 valence electrons. The van der Waals surface area contributed by atoms with Gasteiger partial charge in [0.15, 0.2) is 0 Å². The summed E-state index contributed by atoms with van der Waals surface area (Å²) in [5.41, 5.74) is 0. The van der Waals surface area contributed by atoms with Crippen molar-refractivity contribution in [2.45, 2.75) is 55.9 Å². The Morgan fingerprint density at radius 2 is 1.81 bits per heavy atom. The molecule has 2 fully saturated rings. The van der Waals surface area contributed by atoms with Gasteiger partial charge in [0.1, 0.15) is 0 Å². The van der Waals surface area contributed by atoms with E-state index < -0.39 is 10.8 Å². The molecule has 2 aliphatic rings. The van der Waals surface area contributed by atoms with Crippen LogP contribution >= 0.6 is 11.8 Å². The van der Waals surface area contributed by atoms with Crippen LogP contribution in [0.5, 0.6) is 0 Å². The Morgan fingerprint density at radius 3 is 2.50 bits per heavy atom. The van der Waals surface area contributed by atoms with Crippen molar-refractivity contribution in [3.05, 3.63) is 0 Å². The van der Waals surface area contributed by atoms with Gasteiger partial charge in [-0.25, -0.2) is 0 Å². The van der Waals surface area contributed by atoms with Gasteiger partial charge in [0.05, 0.1) is 0 Å². The highest BCUT2D eigenvalue weighted by atomic mass is 32.2. The molecule has 0 aromatic carbocycles. The second kappa shape index (κ2) is 6.41. The highest BCUT2D eigenvalue weighted by molar-refractivity contribution is 7.99. The zero-order valence-corrected chi connectivity index (χ0v) is 11.7. The normalized spacial score (nSPS) is 40.8. The fourth-order valence-electron chi connectivity index (χ4n) is 2.83. The second-order valence-corrected chi connectivity index (χ2v) is 7.73. The molecule has 1 aliphatic heterocycles. The van der Waals surface area contributed by atoms with E-state index in [0.717, 1.165) is 29.6 Å². The summed E-state index contributed by atoms with van der Waals surface area (Å²) >= 11 is 2.02. The molecule has 0 radical (unpaired) electrons. The first kappa shape index (κ1) is 12.9. The van der Waals surface area contributed by atoms with Gasteiger partial charge in [-0.3, -0.25) is 4.21 Å². The lowest BCUT2D eigenvalue weighted by atomic mass is 9.93. The van der Waals surface area contributed by atoms with E-state index in [1.54, 1.807) is 0 Å². The molecule has 0 aromatic heterocycles. The van der Waals surface area contributed by atoms with Gasteiger partial charge in [-0.1, -0.05) is 12.8 Å². The van der Waals surface area contributed by atoms with E-state index in [1.165, 1.54) is 25.7 Å². The maximum atomic E-state index is 11.3. The number of rotatable bonds is 3. The average molecular weight is 261 g/mol. The molecule has 1 heterocycles. The van der Waals surface area contributed by atoms with Gasteiger partial charge < -0.3 is 5.32 Å². The summed E-state index contributed by atoms with van der Waals surface area (Å²) in [6, 6.07) is 1.34. The summed E-state index contributed by atoms with van der Waals surface area (Å²) in [5, 5.41) is 4.63. The van der Waals surface area contributed by atoms with Crippen molar-refractivity contribution in [2.75, 3.05) is 17.8 Å². The van der Waals surface area contributed by atoms with Crippen LogP contribution in [0.2, 0.25) is 0 Å². The van der Waals surface area contributed by atoms with E-state index in [0.29, 0.717) is 12.1 Å². The third-order valence-electron chi connectivity index (χ3n) is 3.84. The van der Waals surface area contributed by atoms with Gasteiger partial charge in [-0.15, -0.1) is 0 Å². The molecule has 1 saturated heterocycles. The quantitative estimate of drug-likeness (QED) is 0.844. The Kier molecular flexibility index (Phi) is 5.17. The molecule has 0 spiro atoms. The van der Waals surface area contributed by atoms with Crippen molar-refractivity contribution in [2.24, 2.45) is 0 Å². The minimum atomic E-state index is -0.523. The minimum Gasteiger partial charge on any atom is -0.310 e. The predicted octanol–water partition coefficient (Wildman–Crippen LogP) is 2.16. The first-order chi connectivity index (χ1) is 7.79. The van der Waals surface area contributed by atoms with Crippen molar-refractivity contribution in [1.29, 1.82) is 0 Å². The number of thioether (sulfide) groups is 1. The topological polar surface area (TPSA) is 29.1 Å². The van der Waals surface area contributed by atoms with Crippen molar-refractivity contribution in [1.82, 2.24) is 5.32 Å². The molecule has 2 unspecified atom stereocenters. The Hall–Kier alpha value is 0.460. The van der Waals surface area contributed by atoms with Crippen LogP contribution < -0.4 is 5.32 Å². The third-order valence-corrected chi connectivity index (χ3v) is 6.39. The molecule has 4 heteroatoms. The van der Waals surface area contributed by atoms with Gasteiger partial charge in [0.25, 0.3) is 0 Å². The van der Waals surface area contributed by atoms with Gasteiger partial charge in [-0.05, 0) is 31.9 Å². The van der Waals surface area contributed by atoms with Crippen LogP contribution in [-0.4, -0.2) is 39.3 Å². The maximum Gasteiger partial charge on any atom is 0.0249 e. The van der Waals surface area contributed by atoms with Crippen LogP contribution in [0.1, 0.15) is 38.5 Å². The molecule has 1 aliphatic carbocycles. The monoisotopic (exact) mass is 261 g/mol. The molecule has 2 nitrogen and oxygen atoms in total. The summed E-state index contributed by atoms with van der Waals surface area (Å²) in [6.45, 7) is 0. The standard InChI is InChI=1S/C12H23NOS2/c1-15-12-5-3-2-4-11(12)13-10-6-8-16(14)9-7-10/h10-13H,2-9H2,1H3. The summed E-state index contributed by atoms with van der Waals surface area (Å²) in [5.74, 6) is 1.82. The van der Waals surface area contributed by atoms with Crippen LogP contribution in [0.4, 0.5) is 0 Å². The smallest absolute Gasteiger partial charge is 0.0249 e. The Bertz CT molecular complexity index is 237. The molecule has 0 aromatic rings. The van der Waals surface area contributed by atoms with E-state index in [9.17, 15) is 4.21 Å². The lowest BCUT2D eigenvalue weighted by molar-refractivity contribution is 0.333. The Morgan fingerprint density at radius 1 is 1.12 bits per heavy atom. The first-order valence-electron chi connectivity index (χ1n) is 6.43. The fourth-order valence-corrected chi connectivity index (χ4v) is 5.08. The second-order valence-electron chi connectivity index (χ2n) is 4.95. The lowest BCUT2D eigenvalue weighted by Crippen LogP contribution is -2.47. The van der Waals surface area contributed by atoms with Gasteiger partial charge >= 0.3 is 0 Å². The van der Waals surface area contributed by atoms with Gasteiger partial charge in [0, 0.05) is 39.6 Å². The zero-order chi connectivity index (χ0) is 11.4. The van der Waals surface area contributed by atoms with Crippen LogP contribution in [0.3, 0.4) is 0 Å². The number of hydrogen-bond donors (Lipinski definition) is 1. The predicted molar refractivity (Wildman–Crippen MR) is 73.6 cm³/mol. The van der Waals surface area contributed by atoms with Crippen molar-refractivity contribution >= 4 is 22.6 Å². The largest absolute Gasteiger partial charge is 0.310 e. The van der Waals surface area contributed by atoms with Crippen molar-refractivity contribution in [3.8, 4) is 0 Å². The molecule has 1 saturated carbocycles. The highest BCUT2D eigenvalue weighted by Gasteiger charge is 2.27.